The summed E-state index contributed by atoms with van der Waals surface area (Å²) in [6.07, 6.45) is -5.59. The van der Waals surface area contributed by atoms with Crippen LogP contribution in [0.1, 0.15) is 16.2 Å². The largest absolute Gasteiger partial charge is 0.471 e. The van der Waals surface area contributed by atoms with E-state index in [4.69, 9.17) is 4.74 Å². The van der Waals surface area contributed by atoms with Crippen LogP contribution in [0.15, 0.2) is 22.7 Å². The first kappa shape index (κ1) is 16.5. The SMILES string of the molecule is O=C(c1ccc(-c2noc(C(F)(F)F)n2)cc1F)C1CNCCO1. The van der Waals surface area contributed by atoms with Crippen LogP contribution >= 0.6 is 0 Å². The number of Topliss-reactive ketones (excluding diaryl/α,β-unsaturated/α-hetero) is 1. The Morgan fingerprint density at radius 2 is 2.12 bits per heavy atom. The number of nitrogens with one attached hydrogen (secondary N) is 1. The maximum Gasteiger partial charge on any atom is 0.471 e. The van der Waals surface area contributed by atoms with Crippen LogP contribution in [0.5, 0.6) is 0 Å². The number of halogens is 4. The standard InChI is InChI=1S/C14H11F4N3O3/c15-9-5-7(12-20-13(24-21-12)14(16,17)18)1-2-8(9)11(22)10-6-19-3-4-23-10/h1-2,5,10,19H,3-4,6H2. The first-order valence-corrected chi connectivity index (χ1v) is 6.93. The minimum Gasteiger partial charge on any atom is -0.367 e. The van der Waals surface area contributed by atoms with Crippen molar-refractivity contribution in [3.8, 4) is 11.4 Å². The topological polar surface area (TPSA) is 77.2 Å². The smallest absolute Gasteiger partial charge is 0.367 e. The van der Waals surface area contributed by atoms with Crippen LogP contribution in [0.25, 0.3) is 11.4 Å². The summed E-state index contributed by atoms with van der Waals surface area (Å²) in [6, 6.07) is 3.29. The lowest BCUT2D eigenvalue weighted by Crippen LogP contribution is -2.43. The van der Waals surface area contributed by atoms with Crippen LogP contribution in [0.4, 0.5) is 17.6 Å². The number of hydrogen-bond donors (Lipinski definition) is 1. The van der Waals surface area contributed by atoms with E-state index in [1.807, 2.05) is 0 Å². The molecule has 0 radical (unpaired) electrons. The zero-order chi connectivity index (χ0) is 17.3. The molecule has 6 nitrogen and oxygen atoms in total. The normalized spacial score (nSPS) is 18.6. The van der Waals surface area contributed by atoms with Gasteiger partial charge in [0.2, 0.25) is 5.82 Å². The van der Waals surface area contributed by atoms with Gasteiger partial charge in [-0.3, -0.25) is 4.79 Å². The summed E-state index contributed by atoms with van der Waals surface area (Å²) in [5.74, 6) is -3.39. The van der Waals surface area contributed by atoms with Gasteiger partial charge in [-0.1, -0.05) is 11.2 Å². The first-order valence-electron chi connectivity index (χ1n) is 6.93. The van der Waals surface area contributed by atoms with E-state index in [0.29, 0.717) is 13.2 Å². The van der Waals surface area contributed by atoms with Crippen molar-refractivity contribution in [1.82, 2.24) is 15.5 Å². The van der Waals surface area contributed by atoms with Crippen LogP contribution in [0.2, 0.25) is 0 Å². The maximum atomic E-state index is 14.2. The van der Waals surface area contributed by atoms with Crippen molar-refractivity contribution in [3.63, 3.8) is 0 Å². The Hall–Kier alpha value is -2.33. The number of hydrogen-bond acceptors (Lipinski definition) is 6. The third-order valence-corrected chi connectivity index (χ3v) is 3.38. The monoisotopic (exact) mass is 345 g/mol. The Morgan fingerprint density at radius 1 is 1.33 bits per heavy atom. The minimum absolute atomic E-state index is 0.0361. The second-order valence-electron chi connectivity index (χ2n) is 5.04. The predicted molar refractivity (Wildman–Crippen MR) is 71.6 cm³/mol. The number of nitrogens with zero attached hydrogens (tertiary/aromatic N) is 2. The number of morpholine rings is 1. The van der Waals surface area contributed by atoms with E-state index in [1.54, 1.807) is 0 Å². The number of aromatic nitrogens is 2. The van der Waals surface area contributed by atoms with Gasteiger partial charge in [0.05, 0.1) is 12.2 Å². The van der Waals surface area contributed by atoms with Crippen molar-refractivity contribution >= 4 is 5.78 Å². The van der Waals surface area contributed by atoms with Crippen molar-refractivity contribution in [2.24, 2.45) is 0 Å². The fourth-order valence-electron chi connectivity index (χ4n) is 2.22. The molecule has 1 aliphatic heterocycles. The average Bonchev–Trinajstić information content (AvgIpc) is 3.05. The average molecular weight is 345 g/mol. The van der Waals surface area contributed by atoms with Crippen molar-refractivity contribution in [1.29, 1.82) is 0 Å². The van der Waals surface area contributed by atoms with E-state index in [-0.39, 0.29) is 17.7 Å². The third-order valence-electron chi connectivity index (χ3n) is 3.38. The van der Waals surface area contributed by atoms with Gasteiger partial charge in [0.15, 0.2) is 5.78 Å². The van der Waals surface area contributed by atoms with Gasteiger partial charge in [0.1, 0.15) is 11.9 Å². The summed E-state index contributed by atoms with van der Waals surface area (Å²) < 4.78 is 60.8. The highest BCUT2D eigenvalue weighted by Crippen LogP contribution is 2.29. The molecule has 0 spiro atoms. The molecule has 24 heavy (non-hydrogen) atoms. The second-order valence-corrected chi connectivity index (χ2v) is 5.04. The van der Waals surface area contributed by atoms with Gasteiger partial charge >= 0.3 is 12.1 Å². The van der Waals surface area contributed by atoms with Crippen LogP contribution in [-0.2, 0) is 10.9 Å². The van der Waals surface area contributed by atoms with Gasteiger partial charge in [-0.15, -0.1) is 0 Å². The molecule has 1 aromatic heterocycles. The molecule has 1 aliphatic rings. The van der Waals surface area contributed by atoms with E-state index in [1.165, 1.54) is 6.07 Å². The molecule has 2 heterocycles. The lowest BCUT2D eigenvalue weighted by molar-refractivity contribution is -0.159. The van der Waals surface area contributed by atoms with Crippen LogP contribution in [0, 0.1) is 5.82 Å². The zero-order valence-corrected chi connectivity index (χ0v) is 12.1. The van der Waals surface area contributed by atoms with Crippen molar-refractivity contribution in [3.05, 3.63) is 35.5 Å². The molecule has 0 bridgehead atoms. The van der Waals surface area contributed by atoms with Crippen molar-refractivity contribution < 1.29 is 31.6 Å². The Labute approximate surface area is 132 Å². The third kappa shape index (κ3) is 3.29. The van der Waals surface area contributed by atoms with Crippen molar-refractivity contribution in [2.75, 3.05) is 19.7 Å². The fraction of sp³-hybridized carbons (Fsp3) is 0.357. The number of ether oxygens (including phenoxy) is 1. The molecular weight excluding hydrogens is 334 g/mol. The number of alkyl halides is 3. The fourth-order valence-corrected chi connectivity index (χ4v) is 2.22. The summed E-state index contributed by atoms with van der Waals surface area (Å²) in [5, 5.41) is 6.12. The lowest BCUT2D eigenvalue weighted by Gasteiger charge is -2.22. The Kier molecular flexibility index (Phi) is 4.33. The highest BCUT2D eigenvalue weighted by atomic mass is 19.4. The summed E-state index contributed by atoms with van der Waals surface area (Å²) in [6.45, 7) is 1.20. The van der Waals surface area contributed by atoms with Gasteiger partial charge in [-0.25, -0.2) is 4.39 Å². The second kappa shape index (κ2) is 6.29. The molecule has 0 aliphatic carbocycles. The van der Waals surface area contributed by atoms with Gasteiger partial charge in [0.25, 0.3) is 0 Å². The van der Waals surface area contributed by atoms with Gasteiger partial charge < -0.3 is 14.6 Å². The van der Waals surface area contributed by atoms with E-state index in [9.17, 15) is 22.4 Å². The van der Waals surface area contributed by atoms with E-state index < -0.39 is 35.6 Å². The van der Waals surface area contributed by atoms with E-state index in [2.05, 4.69) is 20.0 Å². The van der Waals surface area contributed by atoms with Gasteiger partial charge in [-0.05, 0) is 12.1 Å². The van der Waals surface area contributed by atoms with E-state index >= 15 is 0 Å². The molecule has 10 heteroatoms. The van der Waals surface area contributed by atoms with Gasteiger partial charge in [0, 0.05) is 18.7 Å². The lowest BCUT2D eigenvalue weighted by atomic mass is 10.0. The molecule has 128 valence electrons. The minimum atomic E-state index is -4.79. The quantitative estimate of drug-likeness (QED) is 0.678. The molecule has 2 aromatic rings. The molecule has 1 aromatic carbocycles. The Balaban J connectivity index is 1.84. The molecule has 0 saturated carbocycles. The molecule has 1 fully saturated rings. The number of benzene rings is 1. The molecule has 1 atom stereocenters. The van der Waals surface area contributed by atoms with Crippen molar-refractivity contribution in [2.45, 2.75) is 12.3 Å². The molecule has 0 amide bonds. The number of carbonyl (C=O) groups is 1. The van der Waals surface area contributed by atoms with Crippen LogP contribution < -0.4 is 5.32 Å². The summed E-state index contributed by atoms with van der Waals surface area (Å²) in [5.41, 5.74) is -0.252. The summed E-state index contributed by atoms with van der Waals surface area (Å²) in [4.78, 5) is 15.4. The number of carbonyl (C=O) groups excluding carboxylic acids is 1. The Morgan fingerprint density at radius 3 is 2.71 bits per heavy atom. The predicted octanol–water partition coefficient (Wildman–Crippen LogP) is 2.07. The van der Waals surface area contributed by atoms with Gasteiger partial charge in [-0.2, -0.15) is 18.2 Å². The zero-order valence-electron chi connectivity index (χ0n) is 12.1. The molecule has 3 rings (SSSR count). The molecule has 1 unspecified atom stereocenters. The number of ketones is 1. The number of rotatable bonds is 3. The molecule has 1 N–H and O–H groups in total. The highest BCUT2D eigenvalue weighted by molar-refractivity contribution is 6.00. The maximum absolute atomic E-state index is 14.2. The first-order chi connectivity index (χ1) is 11.4. The highest BCUT2D eigenvalue weighted by Gasteiger charge is 2.38. The van der Waals surface area contributed by atoms with Crippen LogP contribution in [0.3, 0.4) is 0 Å². The summed E-state index contributed by atoms with van der Waals surface area (Å²) >= 11 is 0. The molecule has 1 saturated heterocycles. The van der Waals surface area contributed by atoms with Crippen LogP contribution in [-0.4, -0.2) is 41.7 Å². The van der Waals surface area contributed by atoms with E-state index in [0.717, 1.165) is 12.1 Å². The Bertz CT molecular complexity index is 754. The summed E-state index contributed by atoms with van der Waals surface area (Å²) in [7, 11) is 0. The molecular formula is C14H11F4N3O3.